The number of methoxy groups -OCH3 is 1. The normalized spacial score (nSPS) is 11.0. The molecule has 0 atom stereocenters. The molecule has 0 spiro atoms. The highest BCUT2D eigenvalue weighted by Gasteiger charge is 2.27. The van der Waals surface area contributed by atoms with Crippen LogP contribution in [-0.4, -0.2) is 31.4 Å². The van der Waals surface area contributed by atoms with Crippen LogP contribution in [0.3, 0.4) is 0 Å². The molecule has 23 heavy (non-hydrogen) atoms. The second-order valence-electron chi connectivity index (χ2n) is 4.56. The molecule has 0 amide bonds. The first-order valence-electron chi connectivity index (χ1n) is 6.26. The molecule has 0 fully saturated rings. The van der Waals surface area contributed by atoms with E-state index in [-0.39, 0.29) is 5.56 Å². The lowest BCUT2D eigenvalue weighted by molar-refractivity contribution is -0.731. The molecule has 2 aromatic rings. The summed E-state index contributed by atoms with van der Waals surface area (Å²) >= 11 is 0. The van der Waals surface area contributed by atoms with Crippen LogP contribution in [0.25, 0.3) is 0 Å². The predicted molar refractivity (Wildman–Crippen MR) is 79.3 cm³/mol. The monoisotopic (exact) mass is 337 g/mol. The van der Waals surface area contributed by atoms with E-state index in [4.69, 9.17) is 15.1 Å². The standard InChI is InChI=1S/C14H13N2O6S/c1-22-11-5-2-9(3-6-11)14(17)10-4-7-12(16(18)19)13(8-10)23(15,20)21/h2-8H,1H3,(H,18,19)(H2,15,20,21)/q+1. The van der Waals surface area contributed by atoms with Crippen LogP contribution in [0, 0.1) is 4.91 Å². The fraction of sp³-hybridized carbons (Fsp3) is 0.0714. The van der Waals surface area contributed by atoms with E-state index in [1.54, 1.807) is 12.1 Å². The third-order valence-corrected chi connectivity index (χ3v) is 4.03. The molecule has 2 rings (SSSR count). The summed E-state index contributed by atoms with van der Waals surface area (Å²) in [5.41, 5.74) is -0.273. The van der Waals surface area contributed by atoms with Gasteiger partial charge in [-0.05, 0) is 36.4 Å². The summed E-state index contributed by atoms with van der Waals surface area (Å²) in [7, 11) is -2.82. The second kappa shape index (κ2) is 6.15. The number of nitrogens with two attached hydrogens (primary N) is 1. The van der Waals surface area contributed by atoms with Crippen molar-refractivity contribution in [3.05, 3.63) is 58.5 Å². The molecule has 2 aromatic carbocycles. The number of hydrogen-bond acceptors (Lipinski definition) is 5. The van der Waals surface area contributed by atoms with Crippen LogP contribution < -0.4 is 9.88 Å². The molecule has 120 valence electrons. The van der Waals surface area contributed by atoms with Gasteiger partial charge in [-0.1, -0.05) is 0 Å². The summed E-state index contributed by atoms with van der Waals surface area (Å²) in [6.45, 7) is 0. The molecule has 0 aliphatic carbocycles. The molecular formula is C14H13N2O6S+. The van der Waals surface area contributed by atoms with Gasteiger partial charge in [0.05, 0.1) is 12.0 Å². The molecule has 9 heteroatoms. The van der Waals surface area contributed by atoms with Crippen molar-refractivity contribution < 1.29 is 28.1 Å². The Labute approximate surface area is 131 Å². The maximum atomic E-state index is 12.4. The van der Waals surface area contributed by atoms with Crippen molar-refractivity contribution in [1.82, 2.24) is 0 Å². The summed E-state index contributed by atoms with van der Waals surface area (Å²) < 4.78 is 28.0. The summed E-state index contributed by atoms with van der Waals surface area (Å²) in [6.07, 6.45) is 0. The Morgan fingerprint density at radius 3 is 2.17 bits per heavy atom. The molecule has 0 aromatic heterocycles. The van der Waals surface area contributed by atoms with E-state index in [0.717, 1.165) is 12.1 Å². The highest BCUT2D eigenvalue weighted by molar-refractivity contribution is 7.89. The average molecular weight is 337 g/mol. The molecule has 8 nitrogen and oxygen atoms in total. The van der Waals surface area contributed by atoms with Gasteiger partial charge in [0.25, 0.3) is 4.92 Å². The van der Waals surface area contributed by atoms with Gasteiger partial charge in [0.15, 0.2) is 10.7 Å². The molecule has 0 bridgehead atoms. The Balaban J connectivity index is 2.51. The summed E-state index contributed by atoms with van der Waals surface area (Å²) in [5, 5.41) is 13.9. The predicted octanol–water partition coefficient (Wildman–Crippen LogP) is 1.37. The smallest absolute Gasteiger partial charge is 0.336 e. The topological polar surface area (TPSA) is 127 Å². The molecule has 0 aliphatic rings. The summed E-state index contributed by atoms with van der Waals surface area (Å²) in [6, 6.07) is 9.35. The van der Waals surface area contributed by atoms with Gasteiger partial charge in [0.1, 0.15) is 5.75 Å². The molecule has 0 radical (unpaired) electrons. The Hall–Kier alpha value is -2.78. The second-order valence-corrected chi connectivity index (χ2v) is 6.09. The number of ether oxygens (including phenoxy) is 1. The van der Waals surface area contributed by atoms with E-state index in [9.17, 15) is 18.1 Å². The van der Waals surface area contributed by atoms with E-state index >= 15 is 0 Å². The van der Waals surface area contributed by atoms with Crippen LogP contribution in [0.2, 0.25) is 0 Å². The van der Waals surface area contributed by atoms with E-state index in [2.05, 4.69) is 0 Å². The van der Waals surface area contributed by atoms with Crippen molar-refractivity contribution in [3.63, 3.8) is 0 Å². The quantitative estimate of drug-likeness (QED) is 0.627. The maximum absolute atomic E-state index is 12.4. The lowest BCUT2D eigenvalue weighted by Gasteiger charge is -2.05. The van der Waals surface area contributed by atoms with Gasteiger partial charge in [0.2, 0.25) is 10.0 Å². The molecule has 0 heterocycles. The number of carbonyl (C=O) groups is 1. The van der Waals surface area contributed by atoms with Gasteiger partial charge < -0.3 is 4.74 Å². The van der Waals surface area contributed by atoms with Gasteiger partial charge in [0, 0.05) is 17.2 Å². The first kappa shape index (κ1) is 16.6. The highest BCUT2D eigenvalue weighted by atomic mass is 32.2. The van der Waals surface area contributed by atoms with Crippen LogP contribution in [0.15, 0.2) is 47.4 Å². The van der Waals surface area contributed by atoms with Crippen LogP contribution in [0.1, 0.15) is 15.9 Å². The van der Waals surface area contributed by atoms with Crippen LogP contribution in [0.5, 0.6) is 5.75 Å². The zero-order valence-electron chi connectivity index (χ0n) is 12.0. The minimum absolute atomic E-state index is 0.00444. The molecule has 0 saturated heterocycles. The number of ketones is 1. The summed E-state index contributed by atoms with van der Waals surface area (Å²) in [4.78, 5) is 22.1. The van der Waals surface area contributed by atoms with Crippen molar-refractivity contribution in [1.29, 1.82) is 0 Å². The Morgan fingerprint density at radius 2 is 1.70 bits per heavy atom. The Morgan fingerprint density at radius 1 is 1.13 bits per heavy atom. The van der Waals surface area contributed by atoms with Gasteiger partial charge in [-0.2, -0.15) is 0 Å². The van der Waals surface area contributed by atoms with Crippen LogP contribution >= 0.6 is 0 Å². The number of sulfonamides is 1. The number of carbonyl (C=O) groups excluding carboxylic acids is 1. The van der Waals surface area contributed by atoms with Crippen molar-refractivity contribution in [3.8, 4) is 5.75 Å². The van der Waals surface area contributed by atoms with E-state index in [0.29, 0.717) is 11.3 Å². The lowest BCUT2D eigenvalue weighted by Crippen LogP contribution is -2.16. The number of nitrogens with zero attached hydrogens (tertiary/aromatic N) is 1. The van der Waals surface area contributed by atoms with Crippen molar-refractivity contribution in [2.24, 2.45) is 5.14 Å². The van der Waals surface area contributed by atoms with Crippen LogP contribution in [-0.2, 0) is 10.0 Å². The minimum Gasteiger partial charge on any atom is -0.497 e. The molecule has 0 unspecified atom stereocenters. The van der Waals surface area contributed by atoms with Crippen molar-refractivity contribution >= 4 is 21.5 Å². The number of benzene rings is 2. The Bertz CT molecular complexity index is 875. The third kappa shape index (κ3) is 3.52. The lowest BCUT2D eigenvalue weighted by atomic mass is 10.0. The van der Waals surface area contributed by atoms with Gasteiger partial charge in [-0.15, -0.1) is 0 Å². The minimum atomic E-state index is -4.30. The van der Waals surface area contributed by atoms with Gasteiger partial charge in [-0.3, -0.25) is 4.79 Å². The number of rotatable bonds is 5. The first-order chi connectivity index (χ1) is 10.7. The fourth-order valence-corrected chi connectivity index (χ4v) is 2.68. The third-order valence-electron chi connectivity index (χ3n) is 3.09. The highest BCUT2D eigenvalue weighted by Crippen LogP contribution is 2.25. The van der Waals surface area contributed by atoms with E-state index in [1.807, 2.05) is 0 Å². The van der Waals surface area contributed by atoms with E-state index < -0.39 is 31.3 Å². The van der Waals surface area contributed by atoms with Crippen molar-refractivity contribution in [2.45, 2.75) is 4.90 Å². The zero-order valence-corrected chi connectivity index (χ0v) is 12.8. The Kier molecular flexibility index (Phi) is 4.43. The molecule has 0 aliphatic heterocycles. The molecule has 0 saturated carbocycles. The first-order valence-corrected chi connectivity index (χ1v) is 7.80. The van der Waals surface area contributed by atoms with E-state index in [1.165, 1.54) is 25.3 Å². The number of primary sulfonamides is 1. The SMILES string of the molecule is COc1ccc(C(=O)c2ccc([N+](=O)O)c(S(N)(=O)=O)c2)cc1. The van der Waals surface area contributed by atoms with Crippen LogP contribution in [0.4, 0.5) is 5.69 Å². The van der Waals surface area contributed by atoms with Gasteiger partial charge in [-0.25, -0.2) is 18.8 Å². The average Bonchev–Trinajstić information content (AvgIpc) is 2.52. The number of hydrogen-bond donors (Lipinski definition) is 2. The zero-order chi connectivity index (χ0) is 17.2. The molecular weight excluding hydrogens is 324 g/mol. The fourth-order valence-electron chi connectivity index (χ4n) is 1.95. The van der Waals surface area contributed by atoms with Gasteiger partial charge >= 0.3 is 5.69 Å². The molecule has 3 N–H and O–H groups in total. The summed E-state index contributed by atoms with van der Waals surface area (Å²) in [5.74, 6) is 0.0869. The maximum Gasteiger partial charge on any atom is 0.336 e. The van der Waals surface area contributed by atoms with Crippen molar-refractivity contribution in [2.75, 3.05) is 7.11 Å². The largest absolute Gasteiger partial charge is 0.497 e.